The average molecular weight is 481 g/mol. The molecule has 1 unspecified atom stereocenters. The van der Waals surface area contributed by atoms with Gasteiger partial charge in [0.25, 0.3) is 5.91 Å². The minimum absolute atomic E-state index is 0.179. The van der Waals surface area contributed by atoms with E-state index in [0.29, 0.717) is 23.2 Å². The molecule has 0 saturated carbocycles. The average Bonchev–Trinajstić information content (AvgIpc) is 3.26. The molecule has 1 atom stereocenters. The van der Waals surface area contributed by atoms with Gasteiger partial charge in [0, 0.05) is 26.8 Å². The molecule has 2 N–H and O–H groups in total. The van der Waals surface area contributed by atoms with Crippen LogP contribution in [0.15, 0.2) is 73.1 Å². The number of carbonyl (C=O) groups excluding carboxylic acids is 1. The molecular weight excluding hydrogens is 465 g/mol. The number of benzene rings is 3. The molecule has 0 radical (unpaired) electrons. The van der Waals surface area contributed by atoms with E-state index in [4.69, 9.17) is 0 Å². The number of aliphatic hydroxyl groups is 1. The molecule has 1 aromatic heterocycles. The summed E-state index contributed by atoms with van der Waals surface area (Å²) in [6.45, 7) is 0.307. The summed E-state index contributed by atoms with van der Waals surface area (Å²) in [5, 5.41) is 11.9. The van der Waals surface area contributed by atoms with E-state index >= 15 is 0 Å². The van der Waals surface area contributed by atoms with Crippen LogP contribution in [0.3, 0.4) is 0 Å². The largest absolute Gasteiger partial charge is 0.363 e. The topological polar surface area (TPSA) is 69.2 Å². The number of carbonyl (C=O) groups is 1. The molecule has 138 valence electrons. The summed E-state index contributed by atoms with van der Waals surface area (Å²) in [5.41, 5.74) is 2.81. The second kappa shape index (κ2) is 6.42. The molecule has 4 aromatic rings. The Morgan fingerprint density at radius 1 is 1.07 bits per heavy atom. The molecule has 0 bridgehead atoms. The van der Waals surface area contributed by atoms with E-state index in [2.05, 4.69) is 32.6 Å². The lowest BCUT2D eigenvalue weighted by Crippen LogP contribution is -2.44. The highest BCUT2D eigenvalue weighted by Crippen LogP contribution is 2.43. The first-order valence-electron chi connectivity index (χ1n) is 8.89. The Morgan fingerprint density at radius 3 is 2.79 bits per heavy atom. The van der Waals surface area contributed by atoms with E-state index in [9.17, 15) is 9.90 Å². The molecule has 1 aliphatic rings. The number of H-pyrrole nitrogens is 1. The molecule has 28 heavy (non-hydrogen) atoms. The number of aromatic nitrogens is 2. The highest BCUT2D eigenvalue weighted by atomic mass is 127. The molecular formula is C22H16IN3O2. The van der Waals surface area contributed by atoms with E-state index in [0.717, 1.165) is 20.2 Å². The van der Waals surface area contributed by atoms with Crippen LogP contribution in [0.2, 0.25) is 0 Å². The number of rotatable bonds is 3. The third-order valence-corrected chi connectivity index (χ3v) is 5.89. The fourth-order valence-electron chi connectivity index (χ4n) is 3.88. The molecule has 1 amide bonds. The summed E-state index contributed by atoms with van der Waals surface area (Å²) >= 11 is 2.25. The molecule has 6 heteroatoms. The summed E-state index contributed by atoms with van der Waals surface area (Å²) in [5.74, 6) is -0.179. The maximum Gasteiger partial charge on any atom is 0.257 e. The van der Waals surface area contributed by atoms with Crippen molar-refractivity contribution in [3.05, 3.63) is 98.9 Å². The van der Waals surface area contributed by atoms with Crippen molar-refractivity contribution < 1.29 is 9.90 Å². The lowest BCUT2D eigenvalue weighted by atomic mass is 9.93. The number of hydrogen-bond acceptors (Lipinski definition) is 3. The number of nitrogens with one attached hydrogen (secondary N) is 1. The summed E-state index contributed by atoms with van der Waals surface area (Å²) < 4.78 is 1.08. The lowest BCUT2D eigenvalue weighted by molar-refractivity contribution is -0.0542. The van der Waals surface area contributed by atoms with Crippen LogP contribution in [0.25, 0.3) is 11.0 Å². The lowest BCUT2D eigenvalue weighted by Gasteiger charge is -2.35. The number of fused-ring (bicyclic) bond motifs is 2. The van der Waals surface area contributed by atoms with Gasteiger partial charge in [-0.2, -0.15) is 0 Å². The van der Waals surface area contributed by atoms with Crippen LogP contribution in [0.1, 0.15) is 27.0 Å². The zero-order valence-electron chi connectivity index (χ0n) is 14.8. The molecule has 5 rings (SSSR count). The molecule has 5 nitrogen and oxygen atoms in total. The Bertz CT molecular complexity index is 1220. The first-order valence-corrected chi connectivity index (χ1v) is 9.97. The van der Waals surface area contributed by atoms with Gasteiger partial charge in [-0.15, -0.1) is 0 Å². The van der Waals surface area contributed by atoms with Gasteiger partial charge in [-0.05, 0) is 58.5 Å². The molecule has 0 spiro atoms. The third-order valence-electron chi connectivity index (χ3n) is 5.22. The number of imidazole rings is 1. The van der Waals surface area contributed by atoms with Crippen molar-refractivity contribution in [3.8, 4) is 0 Å². The third kappa shape index (κ3) is 2.56. The predicted octanol–water partition coefficient (Wildman–Crippen LogP) is 4.02. The minimum Gasteiger partial charge on any atom is -0.363 e. The number of hydrogen-bond donors (Lipinski definition) is 2. The molecule has 0 aliphatic carbocycles. The van der Waals surface area contributed by atoms with Crippen molar-refractivity contribution in [1.29, 1.82) is 0 Å². The van der Waals surface area contributed by atoms with Crippen LogP contribution >= 0.6 is 22.6 Å². The van der Waals surface area contributed by atoms with Crippen LogP contribution in [-0.4, -0.2) is 25.9 Å². The van der Waals surface area contributed by atoms with Crippen molar-refractivity contribution in [3.63, 3.8) is 0 Å². The van der Waals surface area contributed by atoms with E-state index in [1.807, 2.05) is 60.7 Å². The summed E-state index contributed by atoms with van der Waals surface area (Å²) in [6, 6.07) is 20.8. The predicted molar refractivity (Wildman–Crippen MR) is 115 cm³/mol. The standard InChI is InChI=1S/C22H16IN3O2/c23-16-5-3-4-14(10-16)12-26-21(27)17-6-1-2-7-18(17)22(26,28)15-8-9-19-20(11-15)25-13-24-19/h1-11,13,28H,12H2,(H,24,25). The van der Waals surface area contributed by atoms with Crippen molar-refractivity contribution in [2.24, 2.45) is 0 Å². The molecule has 1 aliphatic heterocycles. The van der Waals surface area contributed by atoms with Crippen molar-refractivity contribution >= 4 is 39.5 Å². The zero-order valence-corrected chi connectivity index (χ0v) is 16.9. The molecule has 0 saturated heterocycles. The van der Waals surface area contributed by atoms with Gasteiger partial charge >= 0.3 is 0 Å². The van der Waals surface area contributed by atoms with Gasteiger partial charge < -0.3 is 10.1 Å². The van der Waals surface area contributed by atoms with Crippen LogP contribution in [0.5, 0.6) is 0 Å². The summed E-state index contributed by atoms with van der Waals surface area (Å²) in [4.78, 5) is 22.1. The fourth-order valence-corrected chi connectivity index (χ4v) is 4.49. The van der Waals surface area contributed by atoms with Gasteiger partial charge in [-0.3, -0.25) is 9.69 Å². The first-order chi connectivity index (χ1) is 13.6. The summed E-state index contributed by atoms with van der Waals surface area (Å²) in [6.07, 6.45) is 1.62. The van der Waals surface area contributed by atoms with E-state index in [1.54, 1.807) is 17.3 Å². The van der Waals surface area contributed by atoms with Crippen molar-refractivity contribution in [2.45, 2.75) is 12.3 Å². The van der Waals surface area contributed by atoms with Gasteiger partial charge in [-0.1, -0.05) is 36.4 Å². The fraction of sp³-hybridized carbons (Fsp3) is 0.0909. The number of aromatic amines is 1. The van der Waals surface area contributed by atoms with Gasteiger partial charge in [-0.25, -0.2) is 4.98 Å². The van der Waals surface area contributed by atoms with Crippen LogP contribution in [0.4, 0.5) is 0 Å². The highest BCUT2D eigenvalue weighted by molar-refractivity contribution is 14.1. The smallest absolute Gasteiger partial charge is 0.257 e. The molecule has 3 aromatic carbocycles. The Kier molecular flexibility index (Phi) is 3.99. The maximum atomic E-state index is 13.2. The second-order valence-corrected chi connectivity index (χ2v) is 8.12. The van der Waals surface area contributed by atoms with E-state index in [-0.39, 0.29) is 5.91 Å². The van der Waals surface area contributed by atoms with Crippen LogP contribution in [0, 0.1) is 3.57 Å². The van der Waals surface area contributed by atoms with Crippen LogP contribution < -0.4 is 0 Å². The SMILES string of the molecule is O=C1c2ccccc2C(O)(c2ccc3nc[nH]c3c2)N1Cc1cccc(I)c1. The number of nitrogens with zero attached hydrogens (tertiary/aromatic N) is 2. The molecule has 2 heterocycles. The van der Waals surface area contributed by atoms with E-state index in [1.165, 1.54) is 0 Å². The second-order valence-electron chi connectivity index (χ2n) is 6.87. The maximum absolute atomic E-state index is 13.2. The Balaban J connectivity index is 1.69. The molecule has 0 fully saturated rings. The van der Waals surface area contributed by atoms with Gasteiger partial charge in [0.15, 0.2) is 5.72 Å². The van der Waals surface area contributed by atoms with Crippen molar-refractivity contribution in [1.82, 2.24) is 14.9 Å². The normalized spacial score (nSPS) is 18.6. The zero-order chi connectivity index (χ0) is 19.3. The van der Waals surface area contributed by atoms with E-state index < -0.39 is 5.72 Å². The number of amides is 1. The highest BCUT2D eigenvalue weighted by Gasteiger charge is 2.49. The van der Waals surface area contributed by atoms with Gasteiger partial charge in [0.05, 0.1) is 17.4 Å². The van der Waals surface area contributed by atoms with Gasteiger partial charge in [0.2, 0.25) is 0 Å². The Morgan fingerprint density at radius 2 is 1.93 bits per heavy atom. The minimum atomic E-state index is -1.55. The Labute approximate surface area is 175 Å². The number of halogens is 1. The quantitative estimate of drug-likeness (QED) is 0.435. The summed E-state index contributed by atoms with van der Waals surface area (Å²) in [7, 11) is 0. The monoisotopic (exact) mass is 481 g/mol. The first kappa shape index (κ1) is 17.4. The van der Waals surface area contributed by atoms with Gasteiger partial charge in [0.1, 0.15) is 0 Å². The Hall–Kier alpha value is -2.71. The van der Waals surface area contributed by atoms with Crippen LogP contribution in [-0.2, 0) is 12.3 Å². The van der Waals surface area contributed by atoms with Crippen molar-refractivity contribution in [2.75, 3.05) is 0 Å².